The maximum absolute atomic E-state index is 6.14. The van der Waals surface area contributed by atoms with Crippen LogP contribution in [0.25, 0.3) is 0 Å². The topological polar surface area (TPSA) is 38.5 Å². The smallest absolute Gasteiger partial charge is 0.125 e. The lowest BCUT2D eigenvalue weighted by Crippen LogP contribution is -2.35. The minimum atomic E-state index is 0.146. The summed E-state index contributed by atoms with van der Waals surface area (Å²) in [6, 6.07) is 4.41. The fraction of sp³-hybridized carbons (Fsp3) is 0.538. The third kappa shape index (κ3) is 3.21. The van der Waals surface area contributed by atoms with Crippen LogP contribution in [-0.2, 0) is 12.8 Å². The van der Waals surface area contributed by atoms with Crippen molar-refractivity contribution in [3.8, 4) is 5.75 Å². The van der Waals surface area contributed by atoms with E-state index in [1.54, 1.807) is 0 Å². The van der Waals surface area contributed by atoms with Gasteiger partial charge in [0.1, 0.15) is 5.75 Å². The molecule has 1 aromatic carbocycles. The minimum absolute atomic E-state index is 0.146. The normalized spacial score (nSPS) is 15.8. The largest absolute Gasteiger partial charge is 0.493 e. The summed E-state index contributed by atoms with van der Waals surface area (Å²) in [6.45, 7) is 1.68. The Morgan fingerprint density at radius 2 is 2.24 bits per heavy atom. The van der Waals surface area contributed by atoms with E-state index in [-0.39, 0.29) is 6.04 Å². The van der Waals surface area contributed by atoms with Crippen molar-refractivity contribution in [3.63, 3.8) is 0 Å². The van der Waals surface area contributed by atoms with Crippen LogP contribution in [0.5, 0.6) is 5.75 Å². The molecule has 0 fully saturated rings. The van der Waals surface area contributed by atoms with E-state index in [4.69, 9.17) is 10.5 Å². The Kier molecular flexibility index (Phi) is 4.07. The summed E-state index contributed by atoms with van der Waals surface area (Å²) in [5.74, 6) is 1.06. The summed E-state index contributed by atoms with van der Waals surface area (Å²) in [4.78, 5) is 2.11. The van der Waals surface area contributed by atoms with Crippen LogP contribution in [0.15, 0.2) is 16.6 Å². The van der Waals surface area contributed by atoms with Crippen LogP contribution >= 0.6 is 15.9 Å². The molecule has 0 saturated carbocycles. The third-order valence-electron chi connectivity index (χ3n) is 2.91. The lowest BCUT2D eigenvalue weighted by molar-refractivity contribution is 0.346. The van der Waals surface area contributed by atoms with Gasteiger partial charge in [-0.3, -0.25) is 0 Å². The van der Waals surface area contributed by atoms with Crippen molar-refractivity contribution in [2.75, 3.05) is 27.2 Å². The van der Waals surface area contributed by atoms with Crippen LogP contribution in [0.2, 0.25) is 0 Å². The molecule has 1 aliphatic rings. The molecule has 1 heterocycles. The van der Waals surface area contributed by atoms with E-state index in [2.05, 4.69) is 33.0 Å². The van der Waals surface area contributed by atoms with E-state index in [0.29, 0.717) is 0 Å². The van der Waals surface area contributed by atoms with Gasteiger partial charge in [0, 0.05) is 23.5 Å². The van der Waals surface area contributed by atoms with Crippen molar-refractivity contribution < 1.29 is 4.74 Å². The molecule has 17 heavy (non-hydrogen) atoms. The lowest BCUT2D eigenvalue weighted by Gasteiger charge is -2.18. The van der Waals surface area contributed by atoms with Crippen molar-refractivity contribution >= 4 is 15.9 Å². The van der Waals surface area contributed by atoms with Gasteiger partial charge in [0.2, 0.25) is 0 Å². The monoisotopic (exact) mass is 298 g/mol. The highest BCUT2D eigenvalue weighted by Crippen LogP contribution is 2.33. The number of hydrogen-bond acceptors (Lipinski definition) is 3. The Balaban J connectivity index is 2.15. The van der Waals surface area contributed by atoms with Crippen molar-refractivity contribution in [2.24, 2.45) is 5.73 Å². The van der Waals surface area contributed by atoms with Gasteiger partial charge in [-0.25, -0.2) is 0 Å². The second kappa shape index (κ2) is 5.38. The molecule has 1 aromatic rings. The van der Waals surface area contributed by atoms with E-state index < -0.39 is 0 Å². The van der Waals surface area contributed by atoms with Gasteiger partial charge in [0.05, 0.1) is 6.61 Å². The Morgan fingerprint density at radius 3 is 2.94 bits per heavy atom. The molecule has 2 rings (SSSR count). The van der Waals surface area contributed by atoms with Gasteiger partial charge < -0.3 is 15.4 Å². The van der Waals surface area contributed by atoms with Crippen LogP contribution in [0.1, 0.15) is 11.1 Å². The van der Waals surface area contributed by atoms with Gasteiger partial charge in [0.15, 0.2) is 0 Å². The van der Waals surface area contributed by atoms with Gasteiger partial charge in [-0.1, -0.05) is 15.9 Å². The van der Waals surface area contributed by atoms with Gasteiger partial charge >= 0.3 is 0 Å². The quantitative estimate of drug-likeness (QED) is 0.921. The molecule has 2 N–H and O–H groups in total. The Hall–Kier alpha value is -0.580. The maximum Gasteiger partial charge on any atom is 0.125 e. The van der Waals surface area contributed by atoms with Crippen LogP contribution in [0, 0.1) is 0 Å². The molecule has 0 radical (unpaired) electrons. The van der Waals surface area contributed by atoms with Gasteiger partial charge in [-0.05, 0) is 43.8 Å². The molecule has 0 amide bonds. The number of hydrogen-bond donors (Lipinski definition) is 1. The summed E-state index contributed by atoms with van der Waals surface area (Å²) in [5.41, 5.74) is 8.66. The first kappa shape index (κ1) is 12.9. The minimum Gasteiger partial charge on any atom is -0.493 e. The van der Waals surface area contributed by atoms with E-state index in [1.165, 1.54) is 11.1 Å². The van der Waals surface area contributed by atoms with Crippen LogP contribution in [0.4, 0.5) is 0 Å². The highest BCUT2D eigenvalue weighted by atomic mass is 79.9. The van der Waals surface area contributed by atoms with Crippen molar-refractivity contribution in [2.45, 2.75) is 18.9 Å². The van der Waals surface area contributed by atoms with Crippen molar-refractivity contribution in [3.05, 3.63) is 27.7 Å². The Bertz CT molecular complexity index is 407. The lowest BCUT2D eigenvalue weighted by atomic mass is 10.0. The number of ether oxygens (including phenoxy) is 1. The highest BCUT2D eigenvalue weighted by Gasteiger charge is 2.19. The average Bonchev–Trinajstić information content (AvgIpc) is 2.63. The fourth-order valence-electron chi connectivity index (χ4n) is 2.31. The second-order valence-corrected chi connectivity index (χ2v) is 5.79. The zero-order valence-corrected chi connectivity index (χ0v) is 12.0. The average molecular weight is 299 g/mol. The fourth-order valence-corrected chi connectivity index (χ4v) is 2.87. The number of nitrogens with two attached hydrogens (primary N) is 1. The third-order valence-corrected chi connectivity index (χ3v) is 3.36. The molecule has 0 aromatic heterocycles. The second-order valence-electron chi connectivity index (χ2n) is 4.88. The van der Waals surface area contributed by atoms with Crippen LogP contribution < -0.4 is 10.5 Å². The number of likely N-dealkylation sites (N-methyl/N-ethyl adjacent to an activating group) is 1. The Labute approximate surface area is 111 Å². The van der Waals surface area contributed by atoms with Gasteiger partial charge in [0.25, 0.3) is 0 Å². The van der Waals surface area contributed by atoms with Crippen LogP contribution in [-0.4, -0.2) is 38.2 Å². The molecule has 1 aliphatic heterocycles. The first-order valence-corrected chi connectivity index (χ1v) is 6.70. The van der Waals surface area contributed by atoms with E-state index in [1.807, 2.05) is 14.1 Å². The van der Waals surface area contributed by atoms with E-state index in [0.717, 1.165) is 36.2 Å². The predicted molar refractivity (Wildman–Crippen MR) is 73.6 cm³/mol. The number of fused-ring (bicyclic) bond motifs is 1. The van der Waals surface area contributed by atoms with Crippen molar-refractivity contribution in [1.29, 1.82) is 0 Å². The van der Waals surface area contributed by atoms with Crippen LogP contribution in [0.3, 0.4) is 0 Å². The maximum atomic E-state index is 6.14. The molecular formula is C13H19BrN2O. The molecule has 1 unspecified atom stereocenters. The standard InChI is InChI=1S/C13H19BrN2O/c1-16(2)8-12(15)7-10-6-11(14)5-9-3-4-17-13(9)10/h5-6,12H,3-4,7-8,15H2,1-2H3. The molecule has 0 saturated heterocycles. The molecule has 0 aliphatic carbocycles. The number of rotatable bonds is 4. The SMILES string of the molecule is CN(C)CC(N)Cc1cc(Br)cc2c1OCC2. The molecule has 4 heteroatoms. The zero-order chi connectivity index (χ0) is 12.4. The highest BCUT2D eigenvalue weighted by molar-refractivity contribution is 9.10. The van der Waals surface area contributed by atoms with E-state index in [9.17, 15) is 0 Å². The van der Waals surface area contributed by atoms with Gasteiger partial charge in [-0.2, -0.15) is 0 Å². The molecule has 0 spiro atoms. The number of nitrogens with zero attached hydrogens (tertiary/aromatic N) is 1. The first-order valence-electron chi connectivity index (χ1n) is 5.90. The summed E-state index contributed by atoms with van der Waals surface area (Å²) in [6.07, 6.45) is 1.87. The Morgan fingerprint density at radius 1 is 1.47 bits per heavy atom. The summed E-state index contributed by atoms with van der Waals surface area (Å²) in [5, 5.41) is 0. The summed E-state index contributed by atoms with van der Waals surface area (Å²) < 4.78 is 6.82. The summed E-state index contributed by atoms with van der Waals surface area (Å²) in [7, 11) is 4.09. The molecular weight excluding hydrogens is 280 g/mol. The summed E-state index contributed by atoms with van der Waals surface area (Å²) >= 11 is 3.55. The molecule has 1 atom stereocenters. The van der Waals surface area contributed by atoms with Crippen molar-refractivity contribution in [1.82, 2.24) is 4.90 Å². The zero-order valence-electron chi connectivity index (χ0n) is 10.4. The number of halogens is 1. The molecule has 94 valence electrons. The molecule has 0 bridgehead atoms. The number of benzene rings is 1. The predicted octanol–water partition coefficient (Wildman–Crippen LogP) is 1.82. The van der Waals surface area contributed by atoms with E-state index >= 15 is 0 Å². The first-order chi connectivity index (χ1) is 8.06. The molecule has 3 nitrogen and oxygen atoms in total. The van der Waals surface area contributed by atoms with Gasteiger partial charge in [-0.15, -0.1) is 0 Å².